The Bertz CT molecular complexity index is 751. The molecule has 1 aromatic carbocycles. The molecule has 0 N–H and O–H groups in total. The van der Waals surface area contributed by atoms with Crippen LogP contribution in [0.25, 0.3) is 11.4 Å². The highest BCUT2D eigenvalue weighted by Gasteiger charge is 2.30. The molecular formula is C20H25N3O2. The molecule has 1 atom stereocenters. The molecule has 4 rings (SSSR count). The van der Waals surface area contributed by atoms with E-state index in [1.807, 2.05) is 23.1 Å². The van der Waals surface area contributed by atoms with Gasteiger partial charge in [-0.15, -0.1) is 0 Å². The summed E-state index contributed by atoms with van der Waals surface area (Å²) in [6.45, 7) is 3.78. The lowest BCUT2D eigenvalue weighted by Gasteiger charge is -2.32. The molecule has 1 aliphatic heterocycles. The predicted octanol–water partition coefficient (Wildman–Crippen LogP) is 3.63. The Balaban J connectivity index is 1.38. The van der Waals surface area contributed by atoms with Gasteiger partial charge in [-0.2, -0.15) is 4.98 Å². The molecule has 2 heterocycles. The van der Waals surface area contributed by atoms with Gasteiger partial charge in [0, 0.05) is 31.5 Å². The number of piperidine rings is 1. The topological polar surface area (TPSA) is 59.2 Å². The zero-order chi connectivity index (χ0) is 17.2. The van der Waals surface area contributed by atoms with Crippen molar-refractivity contribution in [3.8, 4) is 11.4 Å². The Hall–Kier alpha value is -2.17. The number of carbonyl (C=O) groups is 1. The molecule has 2 aliphatic rings. The van der Waals surface area contributed by atoms with Crippen LogP contribution in [-0.2, 0) is 11.2 Å². The molecule has 0 spiro atoms. The molecule has 2 fully saturated rings. The summed E-state index contributed by atoms with van der Waals surface area (Å²) in [6.07, 6.45) is 6.14. The van der Waals surface area contributed by atoms with Crippen molar-refractivity contribution >= 4 is 5.91 Å². The number of hydrogen-bond donors (Lipinski definition) is 0. The second kappa shape index (κ2) is 6.98. The number of hydrogen-bond acceptors (Lipinski definition) is 4. The minimum absolute atomic E-state index is 0.332. The molecule has 1 aromatic heterocycles. The molecule has 0 bridgehead atoms. The summed E-state index contributed by atoms with van der Waals surface area (Å²) >= 11 is 0. The van der Waals surface area contributed by atoms with E-state index in [1.165, 1.54) is 12.8 Å². The average molecular weight is 339 g/mol. The zero-order valence-electron chi connectivity index (χ0n) is 14.8. The lowest BCUT2D eigenvalue weighted by atomic mass is 9.94. The smallest absolute Gasteiger partial charge is 0.227 e. The highest BCUT2D eigenvalue weighted by Crippen LogP contribution is 2.33. The maximum Gasteiger partial charge on any atom is 0.227 e. The molecule has 2 aromatic rings. The van der Waals surface area contributed by atoms with E-state index >= 15 is 0 Å². The fraction of sp³-hybridized carbons (Fsp3) is 0.550. The number of likely N-dealkylation sites (tertiary alicyclic amines) is 1. The first-order valence-electron chi connectivity index (χ1n) is 9.35. The van der Waals surface area contributed by atoms with E-state index in [1.54, 1.807) is 0 Å². The van der Waals surface area contributed by atoms with Crippen molar-refractivity contribution in [3.63, 3.8) is 0 Å². The molecule has 1 amide bonds. The van der Waals surface area contributed by atoms with Gasteiger partial charge in [0.2, 0.25) is 17.6 Å². The largest absolute Gasteiger partial charge is 0.342 e. The Morgan fingerprint density at radius 3 is 2.88 bits per heavy atom. The van der Waals surface area contributed by atoms with Crippen molar-refractivity contribution in [1.82, 2.24) is 15.0 Å². The highest BCUT2D eigenvalue weighted by molar-refractivity contribution is 5.76. The van der Waals surface area contributed by atoms with Crippen LogP contribution in [0.1, 0.15) is 43.6 Å². The molecule has 25 heavy (non-hydrogen) atoms. The molecule has 0 radical (unpaired) electrons. The first kappa shape index (κ1) is 16.3. The second-order valence-corrected chi connectivity index (χ2v) is 7.53. The van der Waals surface area contributed by atoms with E-state index in [0.29, 0.717) is 29.5 Å². The number of benzene rings is 1. The van der Waals surface area contributed by atoms with E-state index in [9.17, 15) is 4.79 Å². The lowest BCUT2D eigenvalue weighted by Crippen LogP contribution is -2.40. The molecule has 5 heteroatoms. The van der Waals surface area contributed by atoms with Crippen LogP contribution in [0.3, 0.4) is 0 Å². The third kappa shape index (κ3) is 3.91. The van der Waals surface area contributed by atoms with E-state index in [2.05, 4.69) is 23.1 Å². The van der Waals surface area contributed by atoms with Crippen LogP contribution in [0.4, 0.5) is 0 Å². The quantitative estimate of drug-likeness (QED) is 0.835. The van der Waals surface area contributed by atoms with Gasteiger partial charge in [0.05, 0.1) is 0 Å². The van der Waals surface area contributed by atoms with Gasteiger partial charge >= 0.3 is 0 Å². The predicted molar refractivity (Wildman–Crippen MR) is 94.8 cm³/mol. The van der Waals surface area contributed by atoms with Crippen molar-refractivity contribution < 1.29 is 9.32 Å². The Kier molecular flexibility index (Phi) is 4.55. The number of carbonyl (C=O) groups excluding carboxylic acids is 1. The average Bonchev–Trinajstić information content (AvgIpc) is 3.32. The van der Waals surface area contributed by atoms with Gasteiger partial charge in [-0.25, -0.2) is 0 Å². The second-order valence-electron chi connectivity index (χ2n) is 7.53. The standard InChI is InChI=1S/C20H25N3O2/c1-14-5-2-3-7-17(14)20-21-18(25-22-20)11-16-6-4-10-23(13-16)19(24)12-15-8-9-15/h2-3,5,7,15-16H,4,6,8-13H2,1H3. The first-order valence-corrected chi connectivity index (χ1v) is 9.35. The third-order valence-corrected chi connectivity index (χ3v) is 5.35. The minimum atomic E-state index is 0.332. The Morgan fingerprint density at radius 1 is 1.24 bits per heavy atom. The van der Waals surface area contributed by atoms with Crippen LogP contribution in [0.5, 0.6) is 0 Å². The van der Waals surface area contributed by atoms with Gasteiger partial charge in [-0.1, -0.05) is 29.4 Å². The van der Waals surface area contributed by atoms with Gasteiger partial charge in [0.25, 0.3) is 0 Å². The summed E-state index contributed by atoms with van der Waals surface area (Å²) in [7, 11) is 0. The SMILES string of the molecule is Cc1ccccc1-c1noc(CC2CCCN(C(=O)CC3CC3)C2)n1. The summed E-state index contributed by atoms with van der Waals surface area (Å²) in [5, 5.41) is 4.15. The summed E-state index contributed by atoms with van der Waals surface area (Å²) in [5.41, 5.74) is 2.16. The Labute approximate surface area is 148 Å². The Morgan fingerprint density at radius 2 is 2.08 bits per heavy atom. The van der Waals surface area contributed by atoms with Crippen LogP contribution in [-0.4, -0.2) is 34.0 Å². The van der Waals surface area contributed by atoms with Gasteiger partial charge < -0.3 is 9.42 Å². The van der Waals surface area contributed by atoms with E-state index in [0.717, 1.165) is 49.9 Å². The van der Waals surface area contributed by atoms with Crippen LogP contribution in [0.15, 0.2) is 28.8 Å². The lowest BCUT2D eigenvalue weighted by molar-refractivity contribution is -0.133. The normalized spacial score (nSPS) is 20.7. The van der Waals surface area contributed by atoms with E-state index in [4.69, 9.17) is 4.52 Å². The number of nitrogens with zero attached hydrogens (tertiary/aromatic N) is 3. The number of rotatable bonds is 5. The monoisotopic (exact) mass is 339 g/mol. The summed E-state index contributed by atoms with van der Waals surface area (Å²) < 4.78 is 5.48. The minimum Gasteiger partial charge on any atom is -0.342 e. The van der Waals surface area contributed by atoms with Crippen molar-refractivity contribution in [2.24, 2.45) is 11.8 Å². The van der Waals surface area contributed by atoms with Crippen molar-refractivity contribution in [1.29, 1.82) is 0 Å². The molecule has 1 saturated heterocycles. The number of aryl methyl sites for hydroxylation is 1. The molecule has 1 aliphatic carbocycles. The number of amides is 1. The fourth-order valence-corrected chi connectivity index (χ4v) is 3.67. The number of aromatic nitrogens is 2. The maximum atomic E-state index is 12.3. The molecular weight excluding hydrogens is 314 g/mol. The van der Waals surface area contributed by atoms with Crippen molar-refractivity contribution in [2.45, 2.75) is 45.4 Å². The molecule has 5 nitrogen and oxygen atoms in total. The first-order chi connectivity index (χ1) is 12.2. The molecule has 1 saturated carbocycles. The fourth-order valence-electron chi connectivity index (χ4n) is 3.67. The van der Waals surface area contributed by atoms with Crippen LogP contribution < -0.4 is 0 Å². The van der Waals surface area contributed by atoms with Crippen LogP contribution in [0.2, 0.25) is 0 Å². The van der Waals surface area contributed by atoms with Crippen molar-refractivity contribution in [3.05, 3.63) is 35.7 Å². The van der Waals surface area contributed by atoms with Gasteiger partial charge in [0.15, 0.2) is 0 Å². The zero-order valence-corrected chi connectivity index (χ0v) is 14.8. The van der Waals surface area contributed by atoms with Crippen molar-refractivity contribution in [2.75, 3.05) is 13.1 Å². The maximum absolute atomic E-state index is 12.3. The van der Waals surface area contributed by atoms with Crippen LogP contribution in [0, 0.1) is 18.8 Å². The summed E-state index contributed by atoms with van der Waals surface area (Å²) in [4.78, 5) is 19.0. The third-order valence-electron chi connectivity index (χ3n) is 5.35. The van der Waals surface area contributed by atoms with E-state index in [-0.39, 0.29) is 0 Å². The summed E-state index contributed by atoms with van der Waals surface area (Å²) in [5.74, 6) is 2.74. The summed E-state index contributed by atoms with van der Waals surface area (Å²) in [6, 6.07) is 8.07. The van der Waals surface area contributed by atoms with Gasteiger partial charge in [0.1, 0.15) is 0 Å². The van der Waals surface area contributed by atoms with Crippen LogP contribution >= 0.6 is 0 Å². The van der Waals surface area contributed by atoms with E-state index < -0.39 is 0 Å². The molecule has 132 valence electrons. The highest BCUT2D eigenvalue weighted by atomic mass is 16.5. The van der Waals surface area contributed by atoms with Gasteiger partial charge in [-0.05, 0) is 50.0 Å². The van der Waals surface area contributed by atoms with Gasteiger partial charge in [-0.3, -0.25) is 4.79 Å². The molecule has 1 unspecified atom stereocenters.